The molecule has 2 heterocycles. The van der Waals surface area contributed by atoms with Crippen LogP contribution in [0.1, 0.15) is 18.5 Å². The molecule has 1 aliphatic carbocycles. The van der Waals surface area contributed by atoms with E-state index in [1.807, 2.05) is 12.1 Å². The summed E-state index contributed by atoms with van der Waals surface area (Å²) in [5.41, 5.74) is 2.15. The second kappa shape index (κ2) is 7.36. The lowest BCUT2D eigenvalue weighted by molar-refractivity contribution is 0.0322. The zero-order valence-corrected chi connectivity index (χ0v) is 13.9. The van der Waals surface area contributed by atoms with E-state index < -0.39 is 0 Å². The minimum absolute atomic E-state index is 0.703. The molecule has 0 amide bonds. The van der Waals surface area contributed by atoms with Crippen LogP contribution in [0, 0.1) is 5.92 Å². The Morgan fingerprint density at radius 1 is 1.12 bits per heavy atom. The van der Waals surface area contributed by atoms with Gasteiger partial charge in [-0.3, -0.25) is 4.90 Å². The van der Waals surface area contributed by atoms with Gasteiger partial charge in [-0.15, -0.1) is 0 Å². The molecule has 0 unspecified atom stereocenters. The highest BCUT2D eigenvalue weighted by Gasteiger charge is 2.25. The van der Waals surface area contributed by atoms with E-state index in [9.17, 15) is 0 Å². The third kappa shape index (κ3) is 3.97. The molecule has 1 aromatic heterocycles. The lowest BCUT2D eigenvalue weighted by Gasteiger charge is -2.26. The maximum Gasteiger partial charge on any atom is 0.181 e. The molecule has 24 heavy (non-hydrogen) atoms. The summed E-state index contributed by atoms with van der Waals surface area (Å²) in [4.78, 5) is 6.75. The molecule has 0 radical (unpaired) electrons. The molecule has 0 spiro atoms. The molecule has 0 bridgehead atoms. The lowest BCUT2D eigenvalue weighted by atomic mass is 10.1. The average Bonchev–Trinajstić information content (AvgIpc) is 3.32. The zero-order chi connectivity index (χ0) is 16.2. The molecule has 1 saturated heterocycles. The van der Waals surface area contributed by atoms with E-state index in [-0.39, 0.29) is 0 Å². The van der Waals surface area contributed by atoms with Gasteiger partial charge in [0.25, 0.3) is 0 Å². The predicted molar refractivity (Wildman–Crippen MR) is 91.1 cm³/mol. The number of oxazole rings is 1. The van der Waals surface area contributed by atoms with Crippen LogP contribution < -0.4 is 4.74 Å². The van der Waals surface area contributed by atoms with E-state index in [1.54, 1.807) is 6.39 Å². The summed E-state index contributed by atoms with van der Waals surface area (Å²) in [6.45, 7) is 5.30. The van der Waals surface area contributed by atoms with E-state index in [0.717, 1.165) is 68.0 Å². The van der Waals surface area contributed by atoms with Gasteiger partial charge in [0.15, 0.2) is 12.2 Å². The maximum atomic E-state index is 5.86. The fraction of sp³-hybridized carbons (Fsp3) is 0.526. The lowest BCUT2D eigenvalue weighted by Crippen LogP contribution is -2.38. The largest absolute Gasteiger partial charge is 0.492 e. The number of ether oxygens (including phenoxy) is 2. The normalized spacial score (nSPS) is 18.7. The van der Waals surface area contributed by atoms with Gasteiger partial charge in [0.05, 0.1) is 18.9 Å². The van der Waals surface area contributed by atoms with Crippen LogP contribution in [0.25, 0.3) is 11.3 Å². The molecular formula is C19H24N2O3. The molecule has 0 atom stereocenters. The number of hydrogen-bond acceptors (Lipinski definition) is 5. The highest BCUT2D eigenvalue weighted by molar-refractivity contribution is 5.60. The summed E-state index contributed by atoms with van der Waals surface area (Å²) in [5, 5.41) is 0. The molecular weight excluding hydrogens is 304 g/mol. The molecule has 1 aliphatic heterocycles. The van der Waals surface area contributed by atoms with Gasteiger partial charge >= 0.3 is 0 Å². The van der Waals surface area contributed by atoms with Gasteiger partial charge in [0, 0.05) is 25.2 Å². The summed E-state index contributed by atoms with van der Waals surface area (Å²) in [6.07, 6.45) is 5.23. The Kier molecular flexibility index (Phi) is 4.81. The first-order chi connectivity index (χ1) is 11.9. The van der Waals surface area contributed by atoms with Gasteiger partial charge in [0.1, 0.15) is 12.4 Å². The van der Waals surface area contributed by atoms with Crippen LogP contribution in [0.4, 0.5) is 0 Å². The van der Waals surface area contributed by atoms with Gasteiger partial charge in [-0.2, -0.15) is 0 Å². The first-order valence-electron chi connectivity index (χ1n) is 8.84. The Hall–Kier alpha value is -1.85. The quantitative estimate of drug-likeness (QED) is 0.782. The monoisotopic (exact) mass is 328 g/mol. The molecule has 2 aliphatic rings. The van der Waals surface area contributed by atoms with Crippen molar-refractivity contribution < 1.29 is 13.9 Å². The second-order valence-corrected chi connectivity index (χ2v) is 6.60. The minimum atomic E-state index is 0.703. The smallest absolute Gasteiger partial charge is 0.181 e. The molecule has 2 aromatic rings. The maximum absolute atomic E-state index is 5.86. The third-order valence-corrected chi connectivity index (χ3v) is 4.72. The molecule has 4 rings (SSSR count). The van der Waals surface area contributed by atoms with Crippen LogP contribution in [-0.2, 0) is 11.2 Å². The predicted octanol–water partition coefficient (Wildman–Crippen LogP) is 3.01. The van der Waals surface area contributed by atoms with E-state index in [2.05, 4.69) is 22.0 Å². The van der Waals surface area contributed by atoms with Crippen LogP contribution >= 0.6 is 0 Å². The van der Waals surface area contributed by atoms with Crippen molar-refractivity contribution in [2.75, 3.05) is 39.5 Å². The van der Waals surface area contributed by atoms with Crippen molar-refractivity contribution in [3.8, 4) is 17.1 Å². The Balaban J connectivity index is 1.32. The molecule has 5 heteroatoms. The van der Waals surface area contributed by atoms with E-state index in [1.165, 1.54) is 12.8 Å². The topological polar surface area (TPSA) is 47.7 Å². The van der Waals surface area contributed by atoms with Crippen molar-refractivity contribution in [3.63, 3.8) is 0 Å². The van der Waals surface area contributed by atoms with Crippen molar-refractivity contribution in [2.45, 2.75) is 19.3 Å². The van der Waals surface area contributed by atoms with Crippen molar-refractivity contribution >= 4 is 0 Å². The molecule has 5 nitrogen and oxygen atoms in total. The molecule has 0 N–H and O–H groups in total. The summed E-state index contributed by atoms with van der Waals surface area (Å²) in [5.74, 6) is 2.61. The highest BCUT2D eigenvalue weighted by atomic mass is 16.5. The Morgan fingerprint density at radius 3 is 2.67 bits per heavy atom. The van der Waals surface area contributed by atoms with Crippen LogP contribution in [0.5, 0.6) is 5.75 Å². The number of aromatic nitrogens is 1. The molecule has 1 aromatic carbocycles. The molecule has 2 fully saturated rings. The number of hydrogen-bond donors (Lipinski definition) is 0. The number of rotatable bonds is 7. The van der Waals surface area contributed by atoms with Crippen molar-refractivity contribution in [1.29, 1.82) is 0 Å². The first kappa shape index (κ1) is 15.7. The fourth-order valence-corrected chi connectivity index (χ4v) is 3.06. The zero-order valence-electron chi connectivity index (χ0n) is 13.9. The number of morpholine rings is 1. The SMILES string of the molecule is c1nc(CC2CC2)c(-c2ccc(OCCN3CCOCC3)cc2)o1. The average molecular weight is 328 g/mol. The van der Waals surface area contributed by atoms with Gasteiger partial charge in [-0.1, -0.05) is 0 Å². The molecule has 128 valence electrons. The van der Waals surface area contributed by atoms with E-state index in [0.29, 0.717) is 6.61 Å². The summed E-state index contributed by atoms with van der Waals surface area (Å²) >= 11 is 0. The van der Waals surface area contributed by atoms with Crippen molar-refractivity contribution in [3.05, 3.63) is 36.4 Å². The number of nitrogens with zero attached hydrogens (tertiary/aromatic N) is 2. The standard InChI is InChI=1S/C19H24N2O3/c1-2-15(1)13-18-19(24-14-20-18)16-3-5-17(6-4-16)23-12-9-21-7-10-22-11-8-21/h3-6,14-15H,1-2,7-13H2. The summed E-state index contributed by atoms with van der Waals surface area (Å²) in [7, 11) is 0. The van der Waals surface area contributed by atoms with Gasteiger partial charge in [0.2, 0.25) is 0 Å². The fourth-order valence-electron chi connectivity index (χ4n) is 3.06. The Labute approximate surface area is 142 Å². The second-order valence-electron chi connectivity index (χ2n) is 6.60. The van der Waals surface area contributed by atoms with Gasteiger partial charge < -0.3 is 13.9 Å². The van der Waals surface area contributed by atoms with Crippen LogP contribution in [0.15, 0.2) is 35.1 Å². The summed E-state index contributed by atoms with van der Waals surface area (Å²) < 4.78 is 16.8. The minimum Gasteiger partial charge on any atom is -0.492 e. The van der Waals surface area contributed by atoms with Crippen LogP contribution in [-0.4, -0.2) is 49.3 Å². The highest BCUT2D eigenvalue weighted by Crippen LogP contribution is 2.35. The van der Waals surface area contributed by atoms with Gasteiger partial charge in [-0.05, 0) is 49.4 Å². The van der Waals surface area contributed by atoms with Gasteiger partial charge in [-0.25, -0.2) is 4.98 Å². The van der Waals surface area contributed by atoms with Crippen molar-refractivity contribution in [1.82, 2.24) is 9.88 Å². The van der Waals surface area contributed by atoms with Crippen LogP contribution in [0.3, 0.4) is 0 Å². The Morgan fingerprint density at radius 2 is 1.92 bits per heavy atom. The van der Waals surface area contributed by atoms with E-state index >= 15 is 0 Å². The van der Waals surface area contributed by atoms with E-state index in [4.69, 9.17) is 13.9 Å². The van der Waals surface area contributed by atoms with Crippen LogP contribution in [0.2, 0.25) is 0 Å². The molecule has 1 saturated carbocycles. The number of benzene rings is 1. The van der Waals surface area contributed by atoms with Crippen molar-refractivity contribution in [2.24, 2.45) is 5.92 Å². The first-order valence-corrected chi connectivity index (χ1v) is 8.84. The summed E-state index contributed by atoms with van der Waals surface area (Å²) in [6, 6.07) is 8.14. The Bertz CT molecular complexity index is 643. The third-order valence-electron chi connectivity index (χ3n) is 4.72.